The Balaban J connectivity index is 1.95. The van der Waals surface area contributed by atoms with E-state index in [0.29, 0.717) is 17.7 Å². The molecule has 1 unspecified atom stereocenters. The first-order valence-corrected chi connectivity index (χ1v) is 5.61. The molecule has 0 saturated heterocycles. The van der Waals surface area contributed by atoms with E-state index in [1.165, 1.54) is 12.8 Å². The minimum atomic E-state index is -0.0728. The van der Waals surface area contributed by atoms with Crippen molar-refractivity contribution >= 4 is 0 Å². The number of aromatic nitrogens is 2. The number of nitrogens with zero attached hydrogens (tertiary/aromatic N) is 1. The lowest BCUT2D eigenvalue weighted by Gasteiger charge is -2.10. The zero-order valence-electron chi connectivity index (χ0n) is 8.57. The number of aromatic amines is 1. The maximum Gasteiger partial charge on any atom is 0.251 e. The summed E-state index contributed by atoms with van der Waals surface area (Å²) in [6.45, 7) is 0. The number of nitrogens with two attached hydrogens (primary N) is 1. The van der Waals surface area contributed by atoms with Gasteiger partial charge in [0, 0.05) is 12.0 Å². The summed E-state index contributed by atoms with van der Waals surface area (Å²) < 4.78 is 0. The van der Waals surface area contributed by atoms with Crippen LogP contribution in [0.2, 0.25) is 0 Å². The predicted octanol–water partition coefficient (Wildman–Crippen LogP) is 1.06. The lowest BCUT2D eigenvalue weighted by molar-refractivity contribution is 0.586. The fraction of sp³-hybridized carbons (Fsp3) is 0.636. The van der Waals surface area contributed by atoms with E-state index in [1.54, 1.807) is 6.07 Å². The standard InChI is InChI=1S/C11H15N3O/c12-10(7-3-4-7)11-13-8(6-1-2-6)5-9(15)14-11/h5-7,10H,1-4,12H2,(H,13,14,15). The van der Waals surface area contributed by atoms with Crippen molar-refractivity contribution in [1.82, 2.24) is 9.97 Å². The third kappa shape index (κ3) is 1.81. The molecule has 2 fully saturated rings. The fourth-order valence-corrected chi connectivity index (χ4v) is 1.92. The van der Waals surface area contributed by atoms with Gasteiger partial charge in [-0.3, -0.25) is 4.79 Å². The summed E-state index contributed by atoms with van der Waals surface area (Å²) in [5.74, 6) is 1.73. The van der Waals surface area contributed by atoms with E-state index in [1.807, 2.05) is 0 Å². The molecule has 15 heavy (non-hydrogen) atoms. The first-order valence-electron chi connectivity index (χ1n) is 5.61. The van der Waals surface area contributed by atoms with Gasteiger partial charge in [-0.1, -0.05) is 0 Å². The van der Waals surface area contributed by atoms with Crippen molar-refractivity contribution in [2.24, 2.45) is 11.7 Å². The van der Waals surface area contributed by atoms with Crippen LogP contribution in [0.4, 0.5) is 0 Å². The highest BCUT2D eigenvalue weighted by atomic mass is 16.1. The molecule has 3 N–H and O–H groups in total. The van der Waals surface area contributed by atoms with E-state index in [0.717, 1.165) is 18.5 Å². The first-order chi connectivity index (χ1) is 7.24. The number of H-pyrrole nitrogens is 1. The Morgan fingerprint density at radius 2 is 2.13 bits per heavy atom. The Kier molecular flexibility index (Phi) is 1.92. The maximum atomic E-state index is 11.4. The average molecular weight is 205 g/mol. The molecule has 0 amide bonds. The van der Waals surface area contributed by atoms with Crippen molar-refractivity contribution in [2.45, 2.75) is 37.6 Å². The average Bonchev–Trinajstić information content (AvgIpc) is 3.04. The largest absolute Gasteiger partial charge is 0.321 e. The van der Waals surface area contributed by atoms with Gasteiger partial charge in [0.05, 0.1) is 11.7 Å². The highest BCUT2D eigenvalue weighted by molar-refractivity contribution is 5.15. The zero-order chi connectivity index (χ0) is 10.4. The van der Waals surface area contributed by atoms with Crippen LogP contribution in [0.15, 0.2) is 10.9 Å². The molecule has 1 atom stereocenters. The Morgan fingerprint density at radius 1 is 1.40 bits per heavy atom. The Bertz CT molecular complexity index is 432. The smallest absolute Gasteiger partial charge is 0.251 e. The van der Waals surface area contributed by atoms with Crippen LogP contribution in [0, 0.1) is 5.92 Å². The van der Waals surface area contributed by atoms with Gasteiger partial charge in [0.25, 0.3) is 5.56 Å². The minimum Gasteiger partial charge on any atom is -0.321 e. The molecular formula is C11H15N3O. The van der Waals surface area contributed by atoms with Crippen LogP contribution in [0.25, 0.3) is 0 Å². The van der Waals surface area contributed by atoms with Gasteiger partial charge in [-0.05, 0) is 31.6 Å². The molecule has 0 aromatic carbocycles. The molecule has 0 spiro atoms. The van der Waals surface area contributed by atoms with Crippen LogP contribution in [0.5, 0.6) is 0 Å². The van der Waals surface area contributed by atoms with Gasteiger partial charge >= 0.3 is 0 Å². The molecule has 4 heteroatoms. The van der Waals surface area contributed by atoms with Crippen molar-refractivity contribution in [1.29, 1.82) is 0 Å². The number of rotatable bonds is 3. The van der Waals surface area contributed by atoms with Crippen LogP contribution in [0.1, 0.15) is 49.2 Å². The molecule has 2 aliphatic carbocycles. The Labute approximate surface area is 87.9 Å². The topological polar surface area (TPSA) is 71.8 Å². The molecule has 4 nitrogen and oxygen atoms in total. The highest BCUT2D eigenvalue weighted by Gasteiger charge is 2.32. The summed E-state index contributed by atoms with van der Waals surface area (Å²) in [4.78, 5) is 18.7. The van der Waals surface area contributed by atoms with E-state index in [4.69, 9.17) is 5.73 Å². The van der Waals surface area contributed by atoms with Crippen LogP contribution < -0.4 is 11.3 Å². The van der Waals surface area contributed by atoms with Crippen molar-refractivity contribution in [3.8, 4) is 0 Å². The van der Waals surface area contributed by atoms with Gasteiger partial charge in [0.1, 0.15) is 5.82 Å². The molecule has 80 valence electrons. The highest BCUT2D eigenvalue weighted by Crippen LogP contribution is 2.40. The monoisotopic (exact) mass is 205 g/mol. The van der Waals surface area contributed by atoms with Gasteiger partial charge in [-0.25, -0.2) is 4.98 Å². The van der Waals surface area contributed by atoms with Gasteiger partial charge in [-0.2, -0.15) is 0 Å². The van der Waals surface area contributed by atoms with Crippen molar-refractivity contribution < 1.29 is 0 Å². The molecule has 2 aliphatic rings. The van der Waals surface area contributed by atoms with Crippen molar-refractivity contribution in [3.05, 3.63) is 27.9 Å². The van der Waals surface area contributed by atoms with Gasteiger partial charge < -0.3 is 10.7 Å². The van der Waals surface area contributed by atoms with E-state index in [-0.39, 0.29) is 11.6 Å². The minimum absolute atomic E-state index is 0.0574. The number of hydrogen-bond acceptors (Lipinski definition) is 3. The van der Waals surface area contributed by atoms with Crippen LogP contribution in [-0.4, -0.2) is 9.97 Å². The lowest BCUT2D eigenvalue weighted by atomic mass is 10.2. The second-order valence-electron chi connectivity index (χ2n) is 4.69. The van der Waals surface area contributed by atoms with Gasteiger partial charge in [0.2, 0.25) is 0 Å². The first kappa shape index (κ1) is 9.09. The quantitative estimate of drug-likeness (QED) is 0.775. The third-order valence-corrected chi connectivity index (χ3v) is 3.22. The second kappa shape index (κ2) is 3.17. The van der Waals surface area contributed by atoms with Crippen LogP contribution in [-0.2, 0) is 0 Å². The lowest BCUT2D eigenvalue weighted by Crippen LogP contribution is -2.21. The molecule has 0 bridgehead atoms. The van der Waals surface area contributed by atoms with Crippen molar-refractivity contribution in [2.75, 3.05) is 0 Å². The number of nitrogens with one attached hydrogen (secondary N) is 1. The van der Waals surface area contributed by atoms with Gasteiger partial charge in [-0.15, -0.1) is 0 Å². The van der Waals surface area contributed by atoms with E-state index >= 15 is 0 Å². The Hall–Kier alpha value is -1.16. The normalized spacial score (nSPS) is 22.7. The predicted molar refractivity (Wildman–Crippen MR) is 56.5 cm³/mol. The fourth-order valence-electron chi connectivity index (χ4n) is 1.92. The summed E-state index contributed by atoms with van der Waals surface area (Å²) in [6, 6.07) is 1.54. The zero-order valence-corrected chi connectivity index (χ0v) is 8.57. The van der Waals surface area contributed by atoms with E-state index in [2.05, 4.69) is 9.97 Å². The summed E-state index contributed by atoms with van der Waals surface area (Å²) in [6.07, 6.45) is 4.65. The molecule has 1 aromatic rings. The molecular weight excluding hydrogens is 190 g/mol. The SMILES string of the molecule is NC(c1nc(C2CC2)cc(=O)[nH]1)C1CC1. The molecule has 3 rings (SSSR count). The van der Waals surface area contributed by atoms with Crippen molar-refractivity contribution in [3.63, 3.8) is 0 Å². The van der Waals surface area contributed by atoms with Gasteiger partial charge in [0.15, 0.2) is 0 Å². The summed E-state index contributed by atoms with van der Waals surface area (Å²) in [7, 11) is 0. The Morgan fingerprint density at radius 3 is 2.73 bits per heavy atom. The second-order valence-corrected chi connectivity index (χ2v) is 4.69. The third-order valence-electron chi connectivity index (χ3n) is 3.22. The van der Waals surface area contributed by atoms with E-state index in [9.17, 15) is 4.79 Å². The molecule has 0 aliphatic heterocycles. The molecule has 0 radical (unpaired) electrons. The van der Waals surface area contributed by atoms with E-state index < -0.39 is 0 Å². The van der Waals surface area contributed by atoms with Crippen LogP contribution in [0.3, 0.4) is 0 Å². The molecule has 2 saturated carbocycles. The summed E-state index contributed by atoms with van der Waals surface area (Å²) in [5, 5.41) is 0. The maximum absolute atomic E-state index is 11.4. The van der Waals surface area contributed by atoms with Crippen LogP contribution >= 0.6 is 0 Å². The summed E-state index contributed by atoms with van der Waals surface area (Å²) in [5.41, 5.74) is 6.90. The number of hydrogen-bond donors (Lipinski definition) is 2. The molecule has 1 heterocycles. The molecule has 1 aromatic heterocycles. The summed E-state index contributed by atoms with van der Waals surface area (Å²) >= 11 is 0.